The van der Waals surface area contributed by atoms with Gasteiger partial charge in [-0.2, -0.15) is 0 Å². The van der Waals surface area contributed by atoms with E-state index in [-0.39, 0.29) is 5.92 Å². The van der Waals surface area contributed by atoms with Crippen molar-refractivity contribution in [2.75, 3.05) is 0 Å². The molecule has 0 aliphatic carbocycles. The van der Waals surface area contributed by atoms with Crippen LogP contribution in [0.2, 0.25) is 0 Å². The Balaban J connectivity index is 2.77. The van der Waals surface area contributed by atoms with E-state index in [4.69, 9.17) is 0 Å². The van der Waals surface area contributed by atoms with Crippen LogP contribution < -0.4 is 0 Å². The maximum atomic E-state index is 10.5. The van der Waals surface area contributed by atoms with Crippen LogP contribution in [0.15, 0.2) is 30.3 Å². The molecule has 0 bridgehead atoms. The second-order valence-electron chi connectivity index (χ2n) is 3.72. The molecule has 1 aromatic rings. The molecule has 4 heteroatoms. The van der Waals surface area contributed by atoms with Gasteiger partial charge in [0.2, 0.25) is 6.04 Å². The molecule has 0 saturated carbocycles. The van der Waals surface area contributed by atoms with E-state index >= 15 is 0 Å². The second kappa shape index (κ2) is 4.89. The summed E-state index contributed by atoms with van der Waals surface area (Å²) in [5.74, 6) is -0.230. The Morgan fingerprint density at radius 3 is 2.27 bits per heavy atom. The number of hydrogen-bond acceptors (Lipinski definition) is 3. The summed E-state index contributed by atoms with van der Waals surface area (Å²) in [6.07, 6.45) is -0.956. The molecular weight excluding hydrogens is 194 g/mol. The summed E-state index contributed by atoms with van der Waals surface area (Å²) >= 11 is 0. The number of hydrogen-bond donors (Lipinski definition) is 1. The van der Waals surface area contributed by atoms with E-state index in [0.717, 1.165) is 5.56 Å². The molecule has 0 heterocycles. The average molecular weight is 209 g/mol. The lowest BCUT2D eigenvalue weighted by Crippen LogP contribution is -2.34. The maximum Gasteiger partial charge on any atom is 0.236 e. The second-order valence-corrected chi connectivity index (χ2v) is 3.72. The van der Waals surface area contributed by atoms with Crippen molar-refractivity contribution in [3.05, 3.63) is 46.0 Å². The van der Waals surface area contributed by atoms with Gasteiger partial charge in [-0.25, -0.2) is 0 Å². The molecule has 0 fully saturated rings. The van der Waals surface area contributed by atoms with Gasteiger partial charge in [0, 0.05) is 17.8 Å². The molecule has 0 unspecified atom stereocenters. The van der Waals surface area contributed by atoms with Gasteiger partial charge in [0.05, 0.1) is 0 Å². The van der Waals surface area contributed by atoms with E-state index in [1.807, 2.05) is 30.3 Å². The fraction of sp³-hybridized carbons (Fsp3) is 0.455. The lowest BCUT2D eigenvalue weighted by molar-refractivity contribution is -0.530. The van der Waals surface area contributed by atoms with E-state index in [2.05, 4.69) is 0 Å². The molecule has 0 spiro atoms. The van der Waals surface area contributed by atoms with Gasteiger partial charge in [0.1, 0.15) is 6.10 Å². The minimum atomic E-state index is -0.956. The summed E-state index contributed by atoms with van der Waals surface area (Å²) in [7, 11) is 0. The number of nitro groups is 1. The largest absolute Gasteiger partial charge is 0.385 e. The Kier molecular flexibility index (Phi) is 3.80. The molecule has 1 aromatic carbocycles. The third kappa shape index (κ3) is 2.76. The number of benzene rings is 1. The van der Waals surface area contributed by atoms with Crippen molar-refractivity contribution in [1.29, 1.82) is 0 Å². The van der Waals surface area contributed by atoms with Crippen molar-refractivity contribution in [2.24, 2.45) is 0 Å². The van der Waals surface area contributed by atoms with Crippen molar-refractivity contribution in [3.63, 3.8) is 0 Å². The van der Waals surface area contributed by atoms with Crippen molar-refractivity contribution < 1.29 is 10.0 Å². The summed E-state index contributed by atoms with van der Waals surface area (Å²) in [4.78, 5) is 10.1. The summed E-state index contributed by atoms with van der Waals surface area (Å²) in [6, 6.07) is 8.37. The van der Waals surface area contributed by atoms with Gasteiger partial charge in [-0.1, -0.05) is 37.3 Å². The van der Waals surface area contributed by atoms with Crippen LogP contribution in [0.25, 0.3) is 0 Å². The first kappa shape index (κ1) is 11.7. The molecule has 0 radical (unpaired) electrons. The average Bonchev–Trinajstić information content (AvgIpc) is 2.27. The van der Waals surface area contributed by atoms with Crippen LogP contribution >= 0.6 is 0 Å². The highest BCUT2D eigenvalue weighted by molar-refractivity contribution is 5.20. The number of aliphatic hydroxyl groups excluding tert-OH is 1. The molecule has 0 aromatic heterocycles. The number of aliphatic hydroxyl groups is 1. The molecular formula is C11H15NO3. The van der Waals surface area contributed by atoms with Crippen LogP contribution in [0.5, 0.6) is 0 Å². The molecule has 1 N–H and O–H groups in total. The molecule has 0 saturated heterocycles. The minimum Gasteiger partial charge on any atom is -0.385 e. The van der Waals surface area contributed by atoms with Crippen molar-refractivity contribution in [2.45, 2.75) is 31.9 Å². The predicted octanol–water partition coefficient (Wildman–Crippen LogP) is 1.82. The maximum absolute atomic E-state index is 10.5. The first-order valence-corrected chi connectivity index (χ1v) is 4.90. The standard InChI is InChI=1S/C11H15NO3/c1-8(10-6-4-3-5-7-10)11(13)9(2)12(14)15/h3-9,11,13H,1-2H3/t8-,9+,11+/m0/s1. The summed E-state index contributed by atoms with van der Waals surface area (Å²) in [5, 5.41) is 20.3. The molecule has 0 amide bonds. The first-order chi connectivity index (χ1) is 7.04. The van der Waals surface area contributed by atoms with Gasteiger partial charge in [-0.15, -0.1) is 0 Å². The van der Waals surface area contributed by atoms with E-state index < -0.39 is 17.1 Å². The fourth-order valence-corrected chi connectivity index (χ4v) is 1.50. The SMILES string of the molecule is C[C@H]([C@H](O)[C@@H](C)c1ccccc1)[N+](=O)[O-]. The third-order valence-corrected chi connectivity index (χ3v) is 2.66. The first-order valence-electron chi connectivity index (χ1n) is 4.90. The summed E-state index contributed by atoms with van der Waals surface area (Å²) in [5.41, 5.74) is 0.915. The molecule has 15 heavy (non-hydrogen) atoms. The van der Waals surface area contributed by atoms with E-state index in [0.29, 0.717) is 0 Å². The van der Waals surface area contributed by atoms with Gasteiger partial charge in [-0.3, -0.25) is 10.1 Å². The third-order valence-electron chi connectivity index (χ3n) is 2.66. The Hall–Kier alpha value is -1.42. The van der Waals surface area contributed by atoms with Crippen LogP contribution in [0.1, 0.15) is 25.3 Å². The van der Waals surface area contributed by atoms with Gasteiger partial charge in [-0.05, 0) is 5.56 Å². The highest BCUT2D eigenvalue weighted by Gasteiger charge is 2.29. The lowest BCUT2D eigenvalue weighted by atomic mass is 9.92. The van der Waals surface area contributed by atoms with E-state index in [9.17, 15) is 15.2 Å². The normalized spacial score (nSPS) is 16.7. The Bertz CT molecular complexity index is 326. The van der Waals surface area contributed by atoms with E-state index in [1.165, 1.54) is 6.92 Å². The zero-order valence-electron chi connectivity index (χ0n) is 8.83. The number of rotatable bonds is 4. The van der Waals surface area contributed by atoms with Crippen LogP contribution in [-0.2, 0) is 0 Å². The van der Waals surface area contributed by atoms with Gasteiger partial charge < -0.3 is 5.11 Å². The zero-order valence-corrected chi connectivity index (χ0v) is 8.83. The van der Waals surface area contributed by atoms with Gasteiger partial charge >= 0.3 is 0 Å². The zero-order chi connectivity index (χ0) is 11.4. The molecule has 0 aliphatic heterocycles. The monoisotopic (exact) mass is 209 g/mol. The molecule has 82 valence electrons. The van der Waals surface area contributed by atoms with Crippen molar-refractivity contribution in [3.8, 4) is 0 Å². The van der Waals surface area contributed by atoms with Crippen LogP contribution in [0, 0.1) is 10.1 Å². The Labute approximate surface area is 88.7 Å². The molecule has 3 atom stereocenters. The summed E-state index contributed by atoms with van der Waals surface area (Å²) < 4.78 is 0. The Morgan fingerprint density at radius 1 is 1.27 bits per heavy atom. The molecule has 1 rings (SSSR count). The highest BCUT2D eigenvalue weighted by Crippen LogP contribution is 2.21. The minimum absolute atomic E-state index is 0.230. The van der Waals surface area contributed by atoms with E-state index in [1.54, 1.807) is 6.92 Å². The van der Waals surface area contributed by atoms with Gasteiger partial charge in [0.25, 0.3) is 0 Å². The highest BCUT2D eigenvalue weighted by atomic mass is 16.6. The Morgan fingerprint density at radius 2 is 1.80 bits per heavy atom. The molecule has 0 aliphatic rings. The lowest BCUT2D eigenvalue weighted by Gasteiger charge is -2.19. The van der Waals surface area contributed by atoms with Gasteiger partial charge in [0.15, 0.2) is 0 Å². The van der Waals surface area contributed by atoms with Crippen molar-refractivity contribution >= 4 is 0 Å². The molecule has 4 nitrogen and oxygen atoms in total. The van der Waals surface area contributed by atoms with Crippen LogP contribution in [-0.4, -0.2) is 22.2 Å². The summed E-state index contributed by atoms with van der Waals surface area (Å²) in [6.45, 7) is 3.21. The van der Waals surface area contributed by atoms with Crippen LogP contribution in [0.3, 0.4) is 0 Å². The quantitative estimate of drug-likeness (QED) is 0.607. The van der Waals surface area contributed by atoms with Crippen molar-refractivity contribution in [1.82, 2.24) is 0 Å². The fourth-order valence-electron chi connectivity index (χ4n) is 1.50. The number of nitrogens with zero attached hydrogens (tertiary/aromatic N) is 1. The topological polar surface area (TPSA) is 63.4 Å². The smallest absolute Gasteiger partial charge is 0.236 e. The van der Waals surface area contributed by atoms with Crippen LogP contribution in [0.4, 0.5) is 0 Å². The predicted molar refractivity (Wildman–Crippen MR) is 57.3 cm³/mol.